The summed E-state index contributed by atoms with van der Waals surface area (Å²) in [6.45, 7) is 9.94. The van der Waals surface area contributed by atoms with Crippen LogP contribution < -0.4 is 15.5 Å². The smallest absolute Gasteiger partial charge is 0.230 e. The lowest BCUT2D eigenvalue weighted by atomic mass is 10.3. The van der Waals surface area contributed by atoms with Crippen molar-refractivity contribution in [3.05, 3.63) is 0 Å². The van der Waals surface area contributed by atoms with Gasteiger partial charge in [0.15, 0.2) is 4.34 Å². The Labute approximate surface area is 145 Å². The summed E-state index contributed by atoms with van der Waals surface area (Å²) in [7, 11) is 0. The van der Waals surface area contributed by atoms with Crippen LogP contribution in [0.15, 0.2) is 4.34 Å². The van der Waals surface area contributed by atoms with Crippen LogP contribution in [-0.4, -0.2) is 67.3 Å². The van der Waals surface area contributed by atoms with Crippen molar-refractivity contribution in [2.75, 3.05) is 50.5 Å². The van der Waals surface area contributed by atoms with E-state index in [1.165, 1.54) is 23.1 Å². The second-order valence-corrected chi connectivity index (χ2v) is 7.98. The van der Waals surface area contributed by atoms with Gasteiger partial charge in [0.05, 0.1) is 25.5 Å². The highest BCUT2D eigenvalue weighted by atomic mass is 32.2. The lowest BCUT2D eigenvalue weighted by molar-refractivity contribution is -0.908. The average molecular weight is 361 g/mol. The number of ether oxygens (including phenoxy) is 1. The van der Waals surface area contributed by atoms with Gasteiger partial charge >= 0.3 is 0 Å². The Bertz CT molecular complexity index is 477. The number of aromatic nitrogens is 2. The molecular formula is C14H26N5O2S2+. The van der Waals surface area contributed by atoms with E-state index in [0.29, 0.717) is 5.75 Å². The molecule has 0 bridgehead atoms. The van der Waals surface area contributed by atoms with Gasteiger partial charge in [0, 0.05) is 19.0 Å². The third-order valence-electron chi connectivity index (χ3n) is 3.37. The maximum absolute atomic E-state index is 11.6. The van der Waals surface area contributed by atoms with Crippen LogP contribution in [0.25, 0.3) is 0 Å². The molecule has 1 fully saturated rings. The number of amides is 1. The van der Waals surface area contributed by atoms with Crippen LogP contribution >= 0.6 is 23.1 Å². The van der Waals surface area contributed by atoms with E-state index in [4.69, 9.17) is 4.74 Å². The predicted molar refractivity (Wildman–Crippen MR) is 93.4 cm³/mol. The van der Waals surface area contributed by atoms with E-state index >= 15 is 0 Å². The fraction of sp³-hybridized carbons (Fsp3) is 0.786. The van der Waals surface area contributed by atoms with Crippen molar-refractivity contribution in [3.8, 4) is 0 Å². The van der Waals surface area contributed by atoms with Gasteiger partial charge in [-0.15, -0.1) is 10.2 Å². The second-order valence-electron chi connectivity index (χ2n) is 5.78. The molecule has 23 heavy (non-hydrogen) atoms. The molecule has 1 aliphatic rings. The molecule has 7 nitrogen and oxygen atoms in total. The first-order chi connectivity index (χ1) is 11.1. The average Bonchev–Trinajstić information content (AvgIpc) is 2.98. The van der Waals surface area contributed by atoms with Gasteiger partial charge in [-0.1, -0.05) is 23.1 Å². The van der Waals surface area contributed by atoms with E-state index in [2.05, 4.69) is 20.8 Å². The molecule has 1 aromatic heterocycles. The highest BCUT2D eigenvalue weighted by Gasteiger charge is 2.13. The molecule has 0 aliphatic carbocycles. The Morgan fingerprint density at radius 1 is 1.39 bits per heavy atom. The number of nitrogens with one attached hydrogen (secondary N) is 3. The molecule has 0 atom stereocenters. The fourth-order valence-electron chi connectivity index (χ4n) is 2.27. The lowest BCUT2D eigenvalue weighted by Crippen LogP contribution is -3.14. The molecule has 130 valence electrons. The van der Waals surface area contributed by atoms with Gasteiger partial charge in [0.1, 0.15) is 13.1 Å². The molecule has 0 radical (unpaired) electrons. The Morgan fingerprint density at radius 2 is 2.17 bits per heavy atom. The number of nitrogens with zero attached hydrogens (tertiary/aromatic N) is 2. The third-order valence-corrected chi connectivity index (χ3v) is 5.38. The number of anilines is 1. The van der Waals surface area contributed by atoms with E-state index in [9.17, 15) is 4.79 Å². The zero-order valence-corrected chi connectivity index (χ0v) is 15.4. The minimum Gasteiger partial charge on any atom is -0.370 e. The summed E-state index contributed by atoms with van der Waals surface area (Å²) in [4.78, 5) is 13.2. The summed E-state index contributed by atoms with van der Waals surface area (Å²) < 4.78 is 6.18. The highest BCUT2D eigenvalue weighted by Crippen LogP contribution is 2.25. The van der Waals surface area contributed by atoms with E-state index in [1.54, 1.807) is 4.90 Å². The SMILES string of the molecule is CC(C)NC(=O)CSc1nnc(NCCC[NH+]2CCOCC2)s1. The Balaban J connectivity index is 1.59. The fourth-order valence-corrected chi connectivity index (χ4v) is 3.86. The normalized spacial score (nSPS) is 15.8. The van der Waals surface area contributed by atoms with Crippen LogP contribution in [0, 0.1) is 0 Å². The molecule has 9 heteroatoms. The standard InChI is InChI=1S/C14H25N5O2S2/c1-11(2)16-12(20)10-22-14-18-17-13(23-14)15-4-3-5-19-6-8-21-9-7-19/h11H,3-10H2,1-2H3,(H,15,17)(H,16,20)/p+1. The van der Waals surface area contributed by atoms with Crippen molar-refractivity contribution >= 4 is 34.1 Å². The molecule has 1 saturated heterocycles. The minimum absolute atomic E-state index is 0.0307. The summed E-state index contributed by atoms with van der Waals surface area (Å²) in [6.07, 6.45) is 1.11. The van der Waals surface area contributed by atoms with Crippen LogP contribution in [0.5, 0.6) is 0 Å². The van der Waals surface area contributed by atoms with Gasteiger partial charge < -0.3 is 20.3 Å². The predicted octanol–water partition coefficient (Wildman–Crippen LogP) is -0.128. The van der Waals surface area contributed by atoms with Crippen LogP contribution in [0.2, 0.25) is 0 Å². The molecule has 0 saturated carbocycles. The van der Waals surface area contributed by atoms with Crippen LogP contribution in [0.1, 0.15) is 20.3 Å². The number of rotatable bonds is 9. The number of hydrogen-bond donors (Lipinski definition) is 3. The molecule has 3 N–H and O–H groups in total. The number of quaternary nitrogens is 1. The maximum atomic E-state index is 11.6. The first-order valence-electron chi connectivity index (χ1n) is 8.04. The van der Waals surface area contributed by atoms with Crippen molar-refractivity contribution < 1.29 is 14.4 Å². The molecular weight excluding hydrogens is 334 g/mol. The second kappa shape index (κ2) is 10.1. The van der Waals surface area contributed by atoms with Crippen LogP contribution in [0.4, 0.5) is 5.13 Å². The molecule has 2 heterocycles. The van der Waals surface area contributed by atoms with Gasteiger partial charge in [-0.05, 0) is 13.8 Å². The van der Waals surface area contributed by atoms with Gasteiger partial charge in [-0.2, -0.15) is 0 Å². The van der Waals surface area contributed by atoms with Gasteiger partial charge in [0.2, 0.25) is 11.0 Å². The summed E-state index contributed by atoms with van der Waals surface area (Å²) >= 11 is 2.93. The van der Waals surface area contributed by atoms with Crippen molar-refractivity contribution in [1.29, 1.82) is 0 Å². The lowest BCUT2D eigenvalue weighted by Gasteiger charge is -2.23. The summed E-state index contributed by atoms with van der Waals surface area (Å²) in [5.41, 5.74) is 0. The van der Waals surface area contributed by atoms with Gasteiger partial charge in [0.25, 0.3) is 0 Å². The molecule has 0 aromatic carbocycles. The zero-order valence-electron chi connectivity index (χ0n) is 13.8. The topological polar surface area (TPSA) is 80.6 Å². The first-order valence-corrected chi connectivity index (χ1v) is 9.84. The van der Waals surface area contributed by atoms with E-state index in [0.717, 1.165) is 55.3 Å². The van der Waals surface area contributed by atoms with Gasteiger partial charge in [-0.3, -0.25) is 4.79 Å². The van der Waals surface area contributed by atoms with Crippen molar-refractivity contribution in [2.24, 2.45) is 0 Å². The summed E-state index contributed by atoms with van der Waals surface area (Å²) in [5.74, 6) is 0.413. The monoisotopic (exact) mass is 360 g/mol. The molecule has 0 unspecified atom stereocenters. The summed E-state index contributed by atoms with van der Waals surface area (Å²) in [6, 6.07) is 0.170. The Hall–Kier alpha value is -0.900. The Kier molecular flexibility index (Phi) is 8.07. The number of thioether (sulfide) groups is 1. The Morgan fingerprint density at radius 3 is 2.91 bits per heavy atom. The van der Waals surface area contributed by atoms with E-state index < -0.39 is 0 Å². The van der Waals surface area contributed by atoms with Crippen molar-refractivity contribution in [1.82, 2.24) is 15.5 Å². The molecule has 1 amide bonds. The van der Waals surface area contributed by atoms with Crippen LogP contribution in [-0.2, 0) is 9.53 Å². The quantitative estimate of drug-likeness (QED) is 0.421. The number of carbonyl (C=O) groups is 1. The molecule has 2 rings (SSSR count). The summed E-state index contributed by atoms with van der Waals surface area (Å²) in [5, 5.41) is 15.2. The van der Waals surface area contributed by atoms with E-state index in [-0.39, 0.29) is 11.9 Å². The zero-order chi connectivity index (χ0) is 16.5. The highest BCUT2D eigenvalue weighted by molar-refractivity contribution is 8.01. The third kappa shape index (κ3) is 7.47. The van der Waals surface area contributed by atoms with E-state index in [1.807, 2.05) is 13.8 Å². The number of carbonyl (C=O) groups excluding carboxylic acids is 1. The van der Waals surface area contributed by atoms with Crippen molar-refractivity contribution in [2.45, 2.75) is 30.6 Å². The first kappa shape index (κ1) is 18.4. The maximum Gasteiger partial charge on any atom is 0.230 e. The van der Waals surface area contributed by atoms with Crippen molar-refractivity contribution in [3.63, 3.8) is 0 Å². The number of morpholine rings is 1. The molecule has 1 aromatic rings. The molecule has 1 aliphatic heterocycles. The number of hydrogen-bond acceptors (Lipinski definition) is 7. The molecule has 0 spiro atoms. The minimum atomic E-state index is 0.0307. The largest absolute Gasteiger partial charge is 0.370 e. The van der Waals surface area contributed by atoms with Crippen LogP contribution in [0.3, 0.4) is 0 Å². The van der Waals surface area contributed by atoms with Gasteiger partial charge in [-0.25, -0.2) is 0 Å².